The van der Waals surface area contributed by atoms with E-state index in [4.69, 9.17) is 0 Å². The van der Waals surface area contributed by atoms with Crippen molar-refractivity contribution in [1.29, 1.82) is 0 Å². The summed E-state index contributed by atoms with van der Waals surface area (Å²) >= 11 is 0. The molecule has 0 unspecified atom stereocenters. The maximum Gasteiger partial charge on any atom is 0.274 e. The summed E-state index contributed by atoms with van der Waals surface area (Å²) in [5.41, 5.74) is 3.61. The molecule has 1 aromatic carbocycles. The molecule has 0 atom stereocenters. The zero-order chi connectivity index (χ0) is 18.8. The summed E-state index contributed by atoms with van der Waals surface area (Å²) in [4.78, 5) is 15.1. The Morgan fingerprint density at radius 1 is 1.21 bits per heavy atom. The molecule has 1 N–H and O–H groups in total. The molecular formula is C21H28ClFN4O. The molecule has 7 heteroatoms. The molecule has 1 aliphatic carbocycles. The highest BCUT2D eigenvalue weighted by Gasteiger charge is 2.31. The standard InChI is InChI=1S/C21H27FN4O.ClH/c1-23-12-9-15-10-13-25(14-11-15)21(27)20-18-3-2-4-19(18)26(24-20)17-7-5-16(22)6-8-17;/h5-8,15,23H,2-4,9-14H2,1H3;1H. The van der Waals surface area contributed by atoms with E-state index in [1.165, 1.54) is 18.6 Å². The van der Waals surface area contributed by atoms with Gasteiger partial charge >= 0.3 is 0 Å². The number of amides is 1. The molecule has 1 aliphatic heterocycles. The molecule has 0 saturated carbocycles. The third kappa shape index (κ3) is 4.08. The van der Waals surface area contributed by atoms with E-state index in [1.807, 2.05) is 16.6 Å². The van der Waals surface area contributed by atoms with Crippen LogP contribution in [0.15, 0.2) is 24.3 Å². The molecule has 1 aromatic heterocycles. The van der Waals surface area contributed by atoms with Crippen molar-refractivity contribution in [2.45, 2.75) is 38.5 Å². The van der Waals surface area contributed by atoms with Gasteiger partial charge < -0.3 is 10.2 Å². The maximum absolute atomic E-state index is 13.3. The van der Waals surface area contributed by atoms with Crippen LogP contribution in [-0.4, -0.2) is 47.3 Å². The Morgan fingerprint density at radius 2 is 1.93 bits per heavy atom. The molecule has 2 aliphatic rings. The molecule has 2 heterocycles. The highest BCUT2D eigenvalue weighted by atomic mass is 35.5. The Kier molecular flexibility index (Phi) is 6.73. The van der Waals surface area contributed by atoms with Crippen LogP contribution in [0.2, 0.25) is 0 Å². The molecular weight excluding hydrogens is 379 g/mol. The fourth-order valence-electron chi connectivity index (χ4n) is 4.33. The Bertz CT molecular complexity index is 813. The van der Waals surface area contributed by atoms with Crippen LogP contribution in [-0.2, 0) is 12.8 Å². The molecule has 4 rings (SSSR count). The average Bonchev–Trinajstić information content (AvgIpc) is 3.30. The van der Waals surface area contributed by atoms with Gasteiger partial charge in [0.15, 0.2) is 5.69 Å². The number of nitrogens with zero attached hydrogens (tertiary/aromatic N) is 3. The van der Waals surface area contributed by atoms with Gasteiger partial charge in [0, 0.05) is 24.3 Å². The second-order valence-corrected chi connectivity index (χ2v) is 7.64. The van der Waals surface area contributed by atoms with Crippen LogP contribution >= 0.6 is 12.4 Å². The second-order valence-electron chi connectivity index (χ2n) is 7.64. The van der Waals surface area contributed by atoms with Crippen LogP contribution in [0.3, 0.4) is 0 Å². The molecule has 1 fully saturated rings. The highest BCUT2D eigenvalue weighted by molar-refractivity contribution is 5.94. The molecule has 2 aromatic rings. The summed E-state index contributed by atoms with van der Waals surface area (Å²) in [6.07, 6.45) is 6.16. The lowest BCUT2D eigenvalue weighted by atomic mass is 9.93. The van der Waals surface area contributed by atoms with E-state index < -0.39 is 0 Å². The Labute approximate surface area is 171 Å². The van der Waals surface area contributed by atoms with Crippen LogP contribution in [0, 0.1) is 11.7 Å². The van der Waals surface area contributed by atoms with Crippen LogP contribution < -0.4 is 5.32 Å². The van der Waals surface area contributed by atoms with Crippen molar-refractivity contribution >= 4 is 18.3 Å². The fourth-order valence-corrected chi connectivity index (χ4v) is 4.33. The zero-order valence-corrected chi connectivity index (χ0v) is 17.1. The number of aromatic nitrogens is 2. The molecule has 1 amide bonds. The van der Waals surface area contributed by atoms with Crippen LogP contribution in [0.4, 0.5) is 4.39 Å². The minimum absolute atomic E-state index is 0. The third-order valence-corrected chi connectivity index (χ3v) is 5.91. The first-order valence-corrected chi connectivity index (χ1v) is 9.98. The Hall–Kier alpha value is -1.92. The smallest absolute Gasteiger partial charge is 0.274 e. The van der Waals surface area contributed by atoms with E-state index in [9.17, 15) is 9.18 Å². The minimum atomic E-state index is -0.264. The Balaban J connectivity index is 0.00000225. The monoisotopic (exact) mass is 406 g/mol. The molecule has 0 radical (unpaired) electrons. The van der Waals surface area contributed by atoms with Gasteiger partial charge in [0.25, 0.3) is 5.91 Å². The van der Waals surface area contributed by atoms with Crippen molar-refractivity contribution in [2.24, 2.45) is 5.92 Å². The lowest BCUT2D eigenvalue weighted by molar-refractivity contribution is 0.0679. The summed E-state index contributed by atoms with van der Waals surface area (Å²) in [5.74, 6) is 0.491. The van der Waals surface area contributed by atoms with Crippen molar-refractivity contribution in [2.75, 3.05) is 26.7 Å². The number of benzene rings is 1. The number of hydrogen-bond donors (Lipinski definition) is 1. The number of halogens is 2. The second kappa shape index (κ2) is 9.05. The van der Waals surface area contributed by atoms with Crippen LogP contribution in [0.5, 0.6) is 0 Å². The quantitative estimate of drug-likeness (QED) is 0.828. The van der Waals surface area contributed by atoms with Crippen molar-refractivity contribution in [3.8, 4) is 5.69 Å². The SMILES string of the molecule is CNCCC1CCN(C(=O)c2nn(-c3ccc(F)cc3)c3c2CCC3)CC1.Cl. The lowest BCUT2D eigenvalue weighted by Crippen LogP contribution is -2.39. The Morgan fingerprint density at radius 3 is 2.61 bits per heavy atom. The first-order chi connectivity index (χ1) is 13.2. The lowest BCUT2D eigenvalue weighted by Gasteiger charge is -2.31. The van der Waals surface area contributed by atoms with Gasteiger partial charge in [-0.15, -0.1) is 12.4 Å². The largest absolute Gasteiger partial charge is 0.337 e. The fraction of sp³-hybridized carbons (Fsp3) is 0.524. The number of carbonyl (C=O) groups is 1. The third-order valence-electron chi connectivity index (χ3n) is 5.91. The molecule has 1 saturated heterocycles. The van der Waals surface area contributed by atoms with E-state index >= 15 is 0 Å². The van der Waals surface area contributed by atoms with Gasteiger partial charge in [-0.05, 0) is 82.3 Å². The number of carbonyl (C=O) groups excluding carboxylic acids is 1. The van der Waals surface area contributed by atoms with Crippen molar-refractivity contribution in [1.82, 2.24) is 20.0 Å². The van der Waals surface area contributed by atoms with Crippen molar-refractivity contribution in [3.63, 3.8) is 0 Å². The van der Waals surface area contributed by atoms with Crippen LogP contribution in [0.1, 0.15) is 47.4 Å². The van der Waals surface area contributed by atoms with Gasteiger partial charge in [-0.2, -0.15) is 5.10 Å². The van der Waals surface area contributed by atoms with E-state index in [2.05, 4.69) is 10.4 Å². The van der Waals surface area contributed by atoms with Gasteiger partial charge in [0.2, 0.25) is 0 Å². The van der Waals surface area contributed by atoms with Gasteiger partial charge in [-0.25, -0.2) is 9.07 Å². The number of fused-ring (bicyclic) bond motifs is 1. The highest BCUT2D eigenvalue weighted by Crippen LogP contribution is 2.30. The first kappa shape index (κ1) is 20.8. The van der Waals surface area contributed by atoms with Crippen molar-refractivity contribution < 1.29 is 9.18 Å². The predicted octanol–water partition coefficient (Wildman–Crippen LogP) is 3.38. The summed E-state index contributed by atoms with van der Waals surface area (Å²) < 4.78 is 15.1. The van der Waals surface area contributed by atoms with E-state index in [0.717, 1.165) is 68.7 Å². The summed E-state index contributed by atoms with van der Waals surface area (Å²) in [6.45, 7) is 2.66. The van der Waals surface area contributed by atoms with Gasteiger partial charge in [-0.1, -0.05) is 0 Å². The molecule has 5 nitrogen and oxygen atoms in total. The number of rotatable bonds is 5. The van der Waals surface area contributed by atoms with Crippen LogP contribution in [0.25, 0.3) is 5.69 Å². The van der Waals surface area contributed by atoms with E-state index in [-0.39, 0.29) is 24.1 Å². The molecule has 0 spiro atoms. The van der Waals surface area contributed by atoms with Gasteiger partial charge in [0.1, 0.15) is 5.82 Å². The number of hydrogen-bond acceptors (Lipinski definition) is 3. The van der Waals surface area contributed by atoms with E-state index in [0.29, 0.717) is 11.6 Å². The topological polar surface area (TPSA) is 50.2 Å². The molecule has 0 bridgehead atoms. The maximum atomic E-state index is 13.3. The summed E-state index contributed by atoms with van der Waals surface area (Å²) in [6, 6.07) is 6.33. The summed E-state index contributed by atoms with van der Waals surface area (Å²) in [7, 11) is 1.98. The summed E-state index contributed by atoms with van der Waals surface area (Å²) in [5, 5.41) is 7.88. The average molecular weight is 407 g/mol. The number of nitrogens with one attached hydrogen (secondary N) is 1. The number of likely N-dealkylation sites (tertiary alicyclic amines) is 1. The van der Waals surface area contributed by atoms with Crippen molar-refractivity contribution in [3.05, 3.63) is 47.0 Å². The van der Waals surface area contributed by atoms with Gasteiger partial charge in [-0.3, -0.25) is 4.79 Å². The number of piperidine rings is 1. The molecule has 152 valence electrons. The molecule has 28 heavy (non-hydrogen) atoms. The first-order valence-electron chi connectivity index (χ1n) is 9.98. The van der Waals surface area contributed by atoms with E-state index in [1.54, 1.807) is 12.1 Å². The minimum Gasteiger partial charge on any atom is -0.337 e. The zero-order valence-electron chi connectivity index (χ0n) is 16.3. The van der Waals surface area contributed by atoms with Gasteiger partial charge in [0.05, 0.1) is 5.69 Å². The normalized spacial score (nSPS) is 16.7. The predicted molar refractivity (Wildman–Crippen MR) is 110 cm³/mol.